The van der Waals surface area contributed by atoms with E-state index in [0.29, 0.717) is 10.8 Å². The fraction of sp³-hybridized carbons (Fsp3) is 0. The number of pyridine rings is 1. The van der Waals surface area contributed by atoms with Gasteiger partial charge in [-0.3, -0.25) is 4.98 Å². The Balaban J connectivity index is 2.30. The van der Waals surface area contributed by atoms with Gasteiger partial charge in [0.2, 0.25) is 0 Å². The molecule has 0 unspecified atom stereocenters. The van der Waals surface area contributed by atoms with Crippen molar-refractivity contribution in [2.75, 3.05) is 0 Å². The van der Waals surface area contributed by atoms with Gasteiger partial charge in [-0.2, -0.15) is 0 Å². The Labute approximate surface area is 102 Å². The number of hydrogen-bond donors (Lipinski definition) is 0. The fourth-order valence-corrected chi connectivity index (χ4v) is 1.43. The van der Waals surface area contributed by atoms with Crippen molar-refractivity contribution >= 4 is 23.2 Å². The molecule has 0 aliphatic carbocycles. The van der Waals surface area contributed by atoms with Crippen molar-refractivity contribution in [1.82, 2.24) is 4.98 Å². The van der Waals surface area contributed by atoms with Crippen LogP contribution in [0.25, 0.3) is 0 Å². The van der Waals surface area contributed by atoms with Crippen LogP contribution in [0, 0.1) is 5.82 Å². The SMILES string of the molecule is Fc1cncc(Cl)c1Oc1ccc(Cl)cc1. The molecule has 0 aliphatic heterocycles. The van der Waals surface area contributed by atoms with Crippen LogP contribution in [-0.2, 0) is 0 Å². The molecule has 5 heteroatoms. The van der Waals surface area contributed by atoms with Gasteiger partial charge in [-0.15, -0.1) is 0 Å². The van der Waals surface area contributed by atoms with Gasteiger partial charge in [0.25, 0.3) is 0 Å². The predicted octanol–water partition coefficient (Wildman–Crippen LogP) is 4.32. The minimum atomic E-state index is -0.609. The summed E-state index contributed by atoms with van der Waals surface area (Å²) in [4.78, 5) is 3.59. The predicted molar refractivity (Wildman–Crippen MR) is 60.7 cm³/mol. The number of aromatic nitrogens is 1. The molecule has 16 heavy (non-hydrogen) atoms. The third-order valence-corrected chi connectivity index (χ3v) is 2.36. The van der Waals surface area contributed by atoms with E-state index in [1.54, 1.807) is 24.3 Å². The van der Waals surface area contributed by atoms with Gasteiger partial charge in [-0.25, -0.2) is 4.39 Å². The molecular formula is C11H6Cl2FNO. The molecule has 82 valence electrons. The average molecular weight is 258 g/mol. The number of halogens is 3. The number of benzene rings is 1. The minimum absolute atomic E-state index is 0.0426. The second-order valence-corrected chi connectivity index (χ2v) is 3.83. The van der Waals surface area contributed by atoms with Crippen LogP contribution < -0.4 is 4.74 Å². The topological polar surface area (TPSA) is 22.1 Å². The van der Waals surface area contributed by atoms with Crippen molar-refractivity contribution in [3.63, 3.8) is 0 Å². The van der Waals surface area contributed by atoms with E-state index in [4.69, 9.17) is 27.9 Å². The third kappa shape index (κ3) is 2.43. The highest BCUT2D eigenvalue weighted by atomic mass is 35.5. The van der Waals surface area contributed by atoms with Gasteiger partial charge >= 0.3 is 0 Å². The summed E-state index contributed by atoms with van der Waals surface area (Å²) in [6, 6.07) is 6.53. The Kier molecular flexibility index (Phi) is 3.27. The van der Waals surface area contributed by atoms with Crippen molar-refractivity contribution in [1.29, 1.82) is 0 Å². The highest BCUT2D eigenvalue weighted by Crippen LogP contribution is 2.31. The van der Waals surface area contributed by atoms with Crippen molar-refractivity contribution < 1.29 is 9.13 Å². The maximum atomic E-state index is 13.3. The fourth-order valence-electron chi connectivity index (χ4n) is 1.12. The van der Waals surface area contributed by atoms with Crippen molar-refractivity contribution in [3.05, 3.63) is 52.5 Å². The summed E-state index contributed by atoms with van der Waals surface area (Å²) in [5.41, 5.74) is 0. The van der Waals surface area contributed by atoms with Crippen LogP contribution in [-0.4, -0.2) is 4.98 Å². The van der Waals surface area contributed by atoms with Gasteiger partial charge in [0.05, 0.1) is 6.20 Å². The summed E-state index contributed by atoms with van der Waals surface area (Å²) in [7, 11) is 0. The zero-order valence-electron chi connectivity index (χ0n) is 7.95. The maximum absolute atomic E-state index is 13.3. The third-order valence-electron chi connectivity index (χ3n) is 1.84. The van der Waals surface area contributed by atoms with E-state index in [0.717, 1.165) is 6.20 Å². The van der Waals surface area contributed by atoms with E-state index >= 15 is 0 Å². The van der Waals surface area contributed by atoms with Crippen molar-refractivity contribution in [2.24, 2.45) is 0 Å². The number of nitrogens with zero attached hydrogens (tertiary/aromatic N) is 1. The summed E-state index contributed by atoms with van der Waals surface area (Å²) >= 11 is 11.5. The number of hydrogen-bond acceptors (Lipinski definition) is 2. The smallest absolute Gasteiger partial charge is 0.185 e. The second-order valence-electron chi connectivity index (χ2n) is 2.99. The minimum Gasteiger partial charge on any atom is -0.453 e. The summed E-state index contributed by atoms with van der Waals surface area (Å²) in [6.45, 7) is 0. The van der Waals surface area contributed by atoms with Crippen LogP contribution in [0.15, 0.2) is 36.7 Å². The van der Waals surface area contributed by atoms with Crippen LogP contribution in [0.1, 0.15) is 0 Å². The molecule has 1 aromatic carbocycles. The normalized spacial score (nSPS) is 10.2. The van der Waals surface area contributed by atoms with E-state index < -0.39 is 5.82 Å². The molecule has 0 atom stereocenters. The summed E-state index contributed by atoms with van der Waals surface area (Å²) < 4.78 is 18.6. The van der Waals surface area contributed by atoms with Crippen LogP contribution in [0.5, 0.6) is 11.5 Å². The molecule has 0 fully saturated rings. The van der Waals surface area contributed by atoms with Gasteiger partial charge in [-0.1, -0.05) is 23.2 Å². The lowest BCUT2D eigenvalue weighted by molar-refractivity contribution is 0.440. The quantitative estimate of drug-likeness (QED) is 0.800. The molecule has 0 amide bonds. The Hall–Kier alpha value is -1.32. The maximum Gasteiger partial charge on any atom is 0.185 e. The molecule has 2 rings (SSSR count). The van der Waals surface area contributed by atoms with E-state index in [-0.39, 0.29) is 10.8 Å². The first-order valence-corrected chi connectivity index (χ1v) is 5.15. The first-order valence-electron chi connectivity index (χ1n) is 4.39. The second kappa shape index (κ2) is 4.68. The molecule has 1 aromatic heterocycles. The molecule has 2 aromatic rings. The molecule has 0 spiro atoms. The molecule has 0 aliphatic rings. The molecule has 0 N–H and O–H groups in total. The Morgan fingerprint density at radius 1 is 1.06 bits per heavy atom. The Morgan fingerprint density at radius 3 is 2.38 bits per heavy atom. The average Bonchev–Trinajstić information content (AvgIpc) is 2.26. The first-order chi connectivity index (χ1) is 7.66. The molecule has 0 saturated heterocycles. The van der Waals surface area contributed by atoms with Crippen molar-refractivity contribution in [3.8, 4) is 11.5 Å². The van der Waals surface area contributed by atoms with Gasteiger partial charge in [0.15, 0.2) is 11.6 Å². The molecule has 0 bridgehead atoms. The van der Waals surface area contributed by atoms with Crippen LogP contribution in [0.4, 0.5) is 4.39 Å². The van der Waals surface area contributed by atoms with E-state index in [2.05, 4.69) is 4.98 Å². The molecular weight excluding hydrogens is 252 g/mol. The number of rotatable bonds is 2. The molecule has 2 nitrogen and oxygen atoms in total. The summed E-state index contributed by atoms with van der Waals surface area (Å²) in [6.07, 6.45) is 2.35. The van der Waals surface area contributed by atoms with Crippen LogP contribution in [0.3, 0.4) is 0 Å². The summed E-state index contributed by atoms with van der Waals surface area (Å²) in [5.74, 6) is -0.196. The monoisotopic (exact) mass is 257 g/mol. The van der Waals surface area contributed by atoms with E-state index in [1.165, 1.54) is 6.20 Å². The molecule has 0 radical (unpaired) electrons. The van der Waals surface area contributed by atoms with E-state index in [9.17, 15) is 4.39 Å². The van der Waals surface area contributed by atoms with Gasteiger partial charge in [0, 0.05) is 11.2 Å². The summed E-state index contributed by atoms with van der Waals surface area (Å²) in [5, 5.41) is 0.698. The molecule has 0 saturated carbocycles. The highest BCUT2D eigenvalue weighted by molar-refractivity contribution is 6.32. The van der Waals surface area contributed by atoms with Gasteiger partial charge in [-0.05, 0) is 24.3 Å². The highest BCUT2D eigenvalue weighted by Gasteiger charge is 2.09. The van der Waals surface area contributed by atoms with Gasteiger partial charge < -0.3 is 4.74 Å². The van der Waals surface area contributed by atoms with Crippen LogP contribution >= 0.6 is 23.2 Å². The largest absolute Gasteiger partial charge is 0.453 e. The number of ether oxygens (including phenoxy) is 1. The standard InChI is InChI=1S/C11H6Cl2FNO/c12-7-1-3-8(4-2-7)16-11-9(13)5-15-6-10(11)14/h1-6H. The zero-order valence-corrected chi connectivity index (χ0v) is 9.47. The Bertz CT molecular complexity index is 482. The first kappa shape index (κ1) is 11.2. The van der Waals surface area contributed by atoms with Crippen LogP contribution in [0.2, 0.25) is 10.0 Å². The molecule has 1 heterocycles. The lowest BCUT2D eigenvalue weighted by Crippen LogP contribution is -1.90. The lowest BCUT2D eigenvalue weighted by Gasteiger charge is -2.07. The van der Waals surface area contributed by atoms with Gasteiger partial charge in [0.1, 0.15) is 10.8 Å². The zero-order chi connectivity index (χ0) is 11.5. The van der Waals surface area contributed by atoms with E-state index in [1.807, 2.05) is 0 Å². The Morgan fingerprint density at radius 2 is 1.75 bits per heavy atom. The lowest BCUT2D eigenvalue weighted by atomic mass is 10.3. The van der Waals surface area contributed by atoms with Crippen molar-refractivity contribution in [2.45, 2.75) is 0 Å².